The van der Waals surface area contributed by atoms with E-state index in [0.29, 0.717) is 6.42 Å². The van der Waals surface area contributed by atoms with Crippen molar-refractivity contribution >= 4 is 11.6 Å². The smallest absolute Gasteiger partial charge is 0.267 e. The lowest BCUT2D eigenvalue weighted by Gasteiger charge is -2.17. The van der Waals surface area contributed by atoms with Crippen molar-refractivity contribution in [3.05, 3.63) is 57.0 Å². The Balaban J connectivity index is 1.86. The number of fused-ring (bicyclic) bond motifs is 1. The van der Waals surface area contributed by atoms with Gasteiger partial charge in [0.25, 0.3) is 5.56 Å². The molecule has 0 fully saturated rings. The number of nitrogens with zero attached hydrogens (tertiary/aromatic N) is 1. The first-order valence-corrected chi connectivity index (χ1v) is 7.85. The van der Waals surface area contributed by atoms with Gasteiger partial charge in [-0.3, -0.25) is 9.59 Å². The van der Waals surface area contributed by atoms with Gasteiger partial charge in [-0.25, -0.2) is 5.10 Å². The highest BCUT2D eigenvalue weighted by Gasteiger charge is 2.18. The predicted molar refractivity (Wildman–Crippen MR) is 88.4 cm³/mol. The van der Waals surface area contributed by atoms with E-state index in [1.165, 1.54) is 0 Å². The number of nitrogens with one attached hydrogen (secondary N) is 2. The van der Waals surface area contributed by atoms with Crippen LogP contribution in [0.4, 0.5) is 5.69 Å². The number of carbonyl (C=O) groups excluding carboxylic acids is 1. The van der Waals surface area contributed by atoms with Crippen molar-refractivity contribution in [3.8, 4) is 0 Å². The predicted octanol–water partition coefficient (Wildman–Crippen LogP) is 1.14. The summed E-state index contributed by atoms with van der Waals surface area (Å²) in [6.45, 7) is -0.0424. The van der Waals surface area contributed by atoms with Crippen molar-refractivity contribution in [2.75, 3.05) is 11.9 Å². The largest absolute Gasteiger partial charge is 0.325 e. The maximum Gasteiger partial charge on any atom is 0.267 e. The van der Waals surface area contributed by atoms with E-state index in [0.717, 1.165) is 53.8 Å². The minimum absolute atomic E-state index is 0.0424. The second-order valence-electron chi connectivity index (χ2n) is 5.79. The first-order valence-electron chi connectivity index (χ1n) is 7.85. The van der Waals surface area contributed by atoms with Crippen LogP contribution in [0.5, 0.6) is 0 Å². The van der Waals surface area contributed by atoms with Gasteiger partial charge in [0, 0.05) is 17.7 Å². The SMILES string of the molecule is NCC(=O)Nc1cccc(Cc2n[nH]c(=O)c3c2CCCC3)c1. The number of aromatic nitrogens is 2. The summed E-state index contributed by atoms with van der Waals surface area (Å²) in [5, 5.41) is 9.61. The molecule has 2 aromatic rings. The van der Waals surface area contributed by atoms with Gasteiger partial charge in [-0.2, -0.15) is 5.10 Å². The van der Waals surface area contributed by atoms with E-state index in [-0.39, 0.29) is 18.0 Å². The Morgan fingerprint density at radius 2 is 2.04 bits per heavy atom. The zero-order valence-electron chi connectivity index (χ0n) is 12.9. The number of amides is 1. The molecule has 1 heterocycles. The van der Waals surface area contributed by atoms with E-state index in [1.807, 2.05) is 24.3 Å². The topological polar surface area (TPSA) is 101 Å². The fourth-order valence-electron chi connectivity index (χ4n) is 3.04. The van der Waals surface area contributed by atoms with Crippen molar-refractivity contribution in [2.24, 2.45) is 5.73 Å². The zero-order valence-corrected chi connectivity index (χ0v) is 12.9. The molecule has 6 heteroatoms. The lowest BCUT2D eigenvalue weighted by Crippen LogP contribution is -2.23. The van der Waals surface area contributed by atoms with Crippen LogP contribution in [-0.2, 0) is 24.1 Å². The Bertz CT molecular complexity index is 782. The third-order valence-corrected chi connectivity index (χ3v) is 4.15. The van der Waals surface area contributed by atoms with Crippen LogP contribution in [0.1, 0.15) is 35.2 Å². The molecule has 1 aromatic heterocycles. The van der Waals surface area contributed by atoms with Crippen molar-refractivity contribution in [2.45, 2.75) is 32.1 Å². The number of benzene rings is 1. The van der Waals surface area contributed by atoms with Crippen LogP contribution in [0.15, 0.2) is 29.1 Å². The highest BCUT2D eigenvalue weighted by atomic mass is 16.1. The van der Waals surface area contributed by atoms with Crippen molar-refractivity contribution in [1.82, 2.24) is 10.2 Å². The number of aromatic amines is 1. The highest BCUT2D eigenvalue weighted by Crippen LogP contribution is 2.22. The number of nitrogens with two attached hydrogens (primary N) is 1. The third kappa shape index (κ3) is 3.48. The molecular weight excluding hydrogens is 292 g/mol. The Morgan fingerprint density at radius 1 is 1.26 bits per heavy atom. The first-order chi connectivity index (χ1) is 11.2. The molecule has 1 aromatic carbocycles. The molecule has 0 bridgehead atoms. The van der Waals surface area contributed by atoms with Crippen LogP contribution in [0.25, 0.3) is 0 Å². The van der Waals surface area contributed by atoms with E-state index >= 15 is 0 Å². The van der Waals surface area contributed by atoms with E-state index in [2.05, 4.69) is 15.5 Å². The second-order valence-corrected chi connectivity index (χ2v) is 5.79. The van der Waals surface area contributed by atoms with E-state index in [1.54, 1.807) is 0 Å². The molecule has 1 aliphatic rings. The van der Waals surface area contributed by atoms with Gasteiger partial charge in [0.2, 0.25) is 5.91 Å². The summed E-state index contributed by atoms with van der Waals surface area (Å²) in [7, 11) is 0. The van der Waals surface area contributed by atoms with Crippen LogP contribution in [-0.4, -0.2) is 22.6 Å². The van der Waals surface area contributed by atoms with Crippen LogP contribution in [0.3, 0.4) is 0 Å². The van der Waals surface area contributed by atoms with Crippen LogP contribution in [0.2, 0.25) is 0 Å². The minimum atomic E-state index is -0.221. The molecule has 0 unspecified atom stereocenters. The van der Waals surface area contributed by atoms with Gasteiger partial charge in [-0.1, -0.05) is 12.1 Å². The van der Waals surface area contributed by atoms with Crippen LogP contribution >= 0.6 is 0 Å². The molecule has 23 heavy (non-hydrogen) atoms. The molecule has 0 saturated heterocycles. The zero-order chi connectivity index (χ0) is 16.2. The number of hydrogen-bond acceptors (Lipinski definition) is 4. The van der Waals surface area contributed by atoms with Gasteiger partial charge in [-0.15, -0.1) is 0 Å². The lowest BCUT2D eigenvalue weighted by atomic mass is 9.90. The number of carbonyl (C=O) groups is 1. The van der Waals surface area contributed by atoms with E-state index in [4.69, 9.17) is 5.73 Å². The minimum Gasteiger partial charge on any atom is -0.325 e. The molecule has 120 valence electrons. The average Bonchev–Trinajstić information content (AvgIpc) is 2.58. The molecule has 1 aliphatic carbocycles. The highest BCUT2D eigenvalue weighted by molar-refractivity contribution is 5.92. The second kappa shape index (κ2) is 6.75. The summed E-state index contributed by atoms with van der Waals surface area (Å²) in [6.07, 6.45) is 4.52. The van der Waals surface area contributed by atoms with Gasteiger partial charge in [0.05, 0.1) is 12.2 Å². The van der Waals surface area contributed by atoms with Gasteiger partial charge in [-0.05, 0) is 48.9 Å². The molecule has 6 nitrogen and oxygen atoms in total. The Labute approximate surface area is 134 Å². The van der Waals surface area contributed by atoms with Crippen LogP contribution in [0, 0.1) is 0 Å². The maximum absolute atomic E-state index is 11.9. The summed E-state index contributed by atoms with van der Waals surface area (Å²) >= 11 is 0. The van der Waals surface area contributed by atoms with E-state index in [9.17, 15) is 9.59 Å². The summed E-state index contributed by atoms with van der Waals surface area (Å²) in [6, 6.07) is 7.61. The monoisotopic (exact) mass is 312 g/mol. The van der Waals surface area contributed by atoms with Gasteiger partial charge in [0.15, 0.2) is 0 Å². The maximum atomic E-state index is 11.9. The molecule has 0 atom stereocenters. The molecule has 0 aliphatic heterocycles. The summed E-state index contributed by atoms with van der Waals surface area (Å²) in [4.78, 5) is 23.3. The quantitative estimate of drug-likeness (QED) is 0.788. The Morgan fingerprint density at radius 3 is 2.83 bits per heavy atom. The fraction of sp³-hybridized carbons (Fsp3) is 0.353. The van der Waals surface area contributed by atoms with Crippen molar-refractivity contribution in [3.63, 3.8) is 0 Å². The molecule has 1 amide bonds. The summed E-state index contributed by atoms with van der Waals surface area (Å²) < 4.78 is 0. The number of anilines is 1. The molecule has 0 radical (unpaired) electrons. The molecule has 4 N–H and O–H groups in total. The van der Waals surface area contributed by atoms with Crippen LogP contribution < -0.4 is 16.6 Å². The lowest BCUT2D eigenvalue weighted by molar-refractivity contribution is -0.114. The third-order valence-electron chi connectivity index (χ3n) is 4.15. The normalized spacial score (nSPS) is 13.4. The Hall–Kier alpha value is -2.47. The number of H-pyrrole nitrogens is 1. The van der Waals surface area contributed by atoms with Gasteiger partial charge >= 0.3 is 0 Å². The van der Waals surface area contributed by atoms with Gasteiger partial charge in [0.1, 0.15) is 0 Å². The fourth-order valence-corrected chi connectivity index (χ4v) is 3.04. The first kappa shape index (κ1) is 15.4. The average molecular weight is 312 g/mol. The van der Waals surface area contributed by atoms with Crippen molar-refractivity contribution < 1.29 is 4.79 Å². The van der Waals surface area contributed by atoms with Gasteiger partial charge < -0.3 is 11.1 Å². The van der Waals surface area contributed by atoms with E-state index < -0.39 is 0 Å². The molecule has 0 saturated carbocycles. The number of rotatable bonds is 4. The summed E-state index contributed by atoms with van der Waals surface area (Å²) in [5.74, 6) is -0.221. The Kier molecular flexibility index (Phi) is 4.52. The van der Waals surface area contributed by atoms with Crippen molar-refractivity contribution in [1.29, 1.82) is 0 Å². The molecule has 3 rings (SSSR count). The molecular formula is C17H20N4O2. The number of hydrogen-bond donors (Lipinski definition) is 3. The standard InChI is InChI=1S/C17H20N4O2/c18-10-16(22)19-12-5-3-4-11(8-12)9-15-13-6-1-2-7-14(13)17(23)21-20-15/h3-5,8H,1-2,6-7,9-10,18H2,(H,19,22)(H,21,23). The summed E-state index contributed by atoms with van der Waals surface area (Å²) in [5.41, 5.74) is 9.90. The molecule has 0 spiro atoms.